The highest BCUT2D eigenvalue weighted by Crippen LogP contribution is 2.50. The van der Waals surface area contributed by atoms with Gasteiger partial charge in [0.2, 0.25) is 0 Å². The molecule has 1 atom stereocenters. The minimum atomic E-state index is 0.0597. The van der Waals surface area contributed by atoms with Crippen molar-refractivity contribution in [3.05, 3.63) is 40.4 Å². The first-order chi connectivity index (χ1) is 11.8. The highest BCUT2D eigenvalue weighted by molar-refractivity contribution is 6.35. The lowest BCUT2D eigenvalue weighted by Gasteiger charge is -2.39. The van der Waals surface area contributed by atoms with Crippen molar-refractivity contribution >= 4 is 17.3 Å². The molecule has 1 unspecified atom stereocenters. The van der Waals surface area contributed by atoms with E-state index in [2.05, 4.69) is 39.1 Å². The molecular weight excluding hydrogens is 334 g/mol. The largest absolute Gasteiger partial charge is 0.496 e. The van der Waals surface area contributed by atoms with E-state index in [1.807, 2.05) is 18.2 Å². The number of methoxy groups -OCH3 is 2. The number of halogens is 1. The third-order valence-electron chi connectivity index (χ3n) is 4.97. The van der Waals surface area contributed by atoms with Gasteiger partial charge in [-0.2, -0.15) is 0 Å². The summed E-state index contributed by atoms with van der Waals surface area (Å²) in [7, 11) is 3.34. The van der Waals surface area contributed by atoms with Gasteiger partial charge in [0.25, 0.3) is 0 Å². The van der Waals surface area contributed by atoms with Crippen molar-refractivity contribution in [1.29, 1.82) is 0 Å². The van der Waals surface area contributed by atoms with E-state index >= 15 is 0 Å². The van der Waals surface area contributed by atoms with Crippen molar-refractivity contribution < 1.29 is 9.47 Å². The lowest BCUT2D eigenvalue weighted by molar-refractivity contribution is 0.397. The number of nitrogens with one attached hydrogen (secondary N) is 1. The van der Waals surface area contributed by atoms with Crippen molar-refractivity contribution in [2.75, 3.05) is 19.5 Å². The molecule has 4 heteroatoms. The Morgan fingerprint density at radius 2 is 1.76 bits per heavy atom. The second kappa shape index (κ2) is 6.45. The summed E-state index contributed by atoms with van der Waals surface area (Å²) in [4.78, 5) is 0. The molecule has 134 valence electrons. The topological polar surface area (TPSA) is 30.5 Å². The fourth-order valence-corrected chi connectivity index (χ4v) is 4.43. The number of benzene rings is 2. The minimum Gasteiger partial charge on any atom is -0.496 e. The molecule has 25 heavy (non-hydrogen) atoms. The summed E-state index contributed by atoms with van der Waals surface area (Å²) in [6.45, 7) is 8.84. The van der Waals surface area contributed by atoms with Gasteiger partial charge in [0, 0.05) is 16.8 Å². The third kappa shape index (κ3) is 3.06. The monoisotopic (exact) mass is 359 g/mol. The van der Waals surface area contributed by atoms with Crippen LogP contribution in [0.4, 0.5) is 5.69 Å². The van der Waals surface area contributed by atoms with Crippen LogP contribution in [0.5, 0.6) is 11.5 Å². The molecule has 0 spiro atoms. The maximum absolute atomic E-state index is 6.93. The molecule has 0 aliphatic carbocycles. The predicted molar refractivity (Wildman–Crippen MR) is 105 cm³/mol. The second-order valence-electron chi connectivity index (χ2n) is 7.50. The molecule has 0 amide bonds. The van der Waals surface area contributed by atoms with Gasteiger partial charge in [0.1, 0.15) is 11.5 Å². The molecule has 3 nitrogen and oxygen atoms in total. The van der Waals surface area contributed by atoms with Gasteiger partial charge in [-0.3, -0.25) is 0 Å². The number of fused-ring (bicyclic) bond motifs is 1. The van der Waals surface area contributed by atoms with Crippen LogP contribution >= 0.6 is 11.6 Å². The van der Waals surface area contributed by atoms with E-state index in [-0.39, 0.29) is 5.54 Å². The van der Waals surface area contributed by atoms with E-state index in [1.54, 1.807) is 14.2 Å². The van der Waals surface area contributed by atoms with Crippen LogP contribution in [0.2, 0.25) is 5.02 Å². The van der Waals surface area contributed by atoms with Crippen LogP contribution in [-0.2, 0) is 0 Å². The molecule has 1 heterocycles. The fourth-order valence-electron chi connectivity index (χ4n) is 4.00. The SMILES string of the molecule is COc1cccc(OC)c1-c1cc(C)c2c(c1Cl)C(C)CC(C)(C)N2. The van der Waals surface area contributed by atoms with Gasteiger partial charge in [-0.25, -0.2) is 0 Å². The third-order valence-corrected chi connectivity index (χ3v) is 5.37. The lowest BCUT2D eigenvalue weighted by Crippen LogP contribution is -2.37. The summed E-state index contributed by atoms with van der Waals surface area (Å²) in [6, 6.07) is 7.93. The number of anilines is 1. The highest BCUT2D eigenvalue weighted by atomic mass is 35.5. The summed E-state index contributed by atoms with van der Waals surface area (Å²) in [5.74, 6) is 1.90. The Labute approximate surface area is 155 Å². The molecule has 0 bridgehead atoms. The van der Waals surface area contributed by atoms with Gasteiger partial charge in [0.05, 0.1) is 24.8 Å². The lowest BCUT2D eigenvalue weighted by atomic mass is 9.79. The maximum Gasteiger partial charge on any atom is 0.130 e. The summed E-state index contributed by atoms with van der Waals surface area (Å²) in [5.41, 5.74) is 5.45. The first-order valence-corrected chi connectivity index (χ1v) is 8.99. The Balaban J connectivity index is 2.29. The van der Waals surface area contributed by atoms with E-state index < -0.39 is 0 Å². The van der Waals surface area contributed by atoms with E-state index in [0.29, 0.717) is 5.92 Å². The van der Waals surface area contributed by atoms with Crippen LogP contribution in [0, 0.1) is 6.92 Å². The molecule has 1 N–H and O–H groups in total. The van der Waals surface area contributed by atoms with Crippen LogP contribution in [0.3, 0.4) is 0 Å². The summed E-state index contributed by atoms with van der Waals surface area (Å²) in [6.07, 6.45) is 1.03. The van der Waals surface area contributed by atoms with Crippen molar-refractivity contribution in [3.8, 4) is 22.6 Å². The Morgan fingerprint density at radius 1 is 1.16 bits per heavy atom. The van der Waals surface area contributed by atoms with Crippen molar-refractivity contribution in [3.63, 3.8) is 0 Å². The second-order valence-corrected chi connectivity index (χ2v) is 7.87. The van der Waals surface area contributed by atoms with Crippen LogP contribution in [0.1, 0.15) is 44.2 Å². The predicted octanol–water partition coefficient (Wildman–Crippen LogP) is 6.03. The van der Waals surface area contributed by atoms with E-state index in [9.17, 15) is 0 Å². The van der Waals surface area contributed by atoms with Crippen molar-refractivity contribution in [2.24, 2.45) is 0 Å². The quantitative estimate of drug-likeness (QED) is 0.725. The average molecular weight is 360 g/mol. The average Bonchev–Trinajstić information content (AvgIpc) is 2.56. The zero-order valence-electron chi connectivity index (χ0n) is 15.8. The van der Waals surface area contributed by atoms with Gasteiger partial charge in [-0.05, 0) is 62.4 Å². The summed E-state index contributed by atoms with van der Waals surface area (Å²) >= 11 is 6.93. The van der Waals surface area contributed by atoms with Gasteiger partial charge in [-0.1, -0.05) is 24.6 Å². The maximum atomic E-state index is 6.93. The van der Waals surface area contributed by atoms with Crippen molar-refractivity contribution in [2.45, 2.75) is 45.6 Å². The fraction of sp³-hybridized carbons (Fsp3) is 0.429. The first-order valence-electron chi connectivity index (χ1n) is 8.61. The Kier molecular flexibility index (Phi) is 4.63. The smallest absolute Gasteiger partial charge is 0.130 e. The van der Waals surface area contributed by atoms with Crippen molar-refractivity contribution in [1.82, 2.24) is 0 Å². The number of hydrogen-bond acceptors (Lipinski definition) is 3. The van der Waals surface area contributed by atoms with Gasteiger partial charge < -0.3 is 14.8 Å². The molecule has 0 saturated carbocycles. The molecule has 1 aliphatic heterocycles. The Hall–Kier alpha value is -1.87. The van der Waals surface area contributed by atoms with Gasteiger partial charge >= 0.3 is 0 Å². The number of aryl methyl sites for hydroxylation is 1. The first kappa shape index (κ1) is 17.9. The molecular formula is C21H26ClNO2. The summed E-state index contributed by atoms with van der Waals surface area (Å²) < 4.78 is 11.2. The Morgan fingerprint density at radius 3 is 2.32 bits per heavy atom. The van der Waals surface area contributed by atoms with Crippen LogP contribution in [0.15, 0.2) is 24.3 Å². The van der Waals surface area contributed by atoms with E-state index in [1.165, 1.54) is 11.1 Å². The standard InChI is InChI=1S/C21H26ClNO2/c1-12-10-14(18-15(24-5)8-7-9-16(18)25-6)19(22)17-13(2)11-21(3,4)23-20(12)17/h7-10,13,23H,11H2,1-6H3. The van der Waals surface area contributed by atoms with Crippen LogP contribution in [-0.4, -0.2) is 19.8 Å². The molecule has 1 aliphatic rings. The van der Waals surface area contributed by atoms with Crippen LogP contribution in [0.25, 0.3) is 11.1 Å². The zero-order chi connectivity index (χ0) is 18.4. The highest BCUT2D eigenvalue weighted by Gasteiger charge is 2.33. The molecule has 2 aromatic carbocycles. The van der Waals surface area contributed by atoms with Gasteiger partial charge in [-0.15, -0.1) is 0 Å². The Bertz CT molecular complexity index is 792. The zero-order valence-corrected chi connectivity index (χ0v) is 16.5. The number of hydrogen-bond donors (Lipinski definition) is 1. The molecule has 0 radical (unpaired) electrons. The van der Waals surface area contributed by atoms with E-state index in [0.717, 1.165) is 39.8 Å². The molecule has 0 aromatic heterocycles. The van der Waals surface area contributed by atoms with Gasteiger partial charge in [0.15, 0.2) is 0 Å². The normalized spacial score (nSPS) is 18.3. The molecule has 2 aromatic rings. The van der Waals surface area contributed by atoms with E-state index in [4.69, 9.17) is 21.1 Å². The number of ether oxygens (including phenoxy) is 2. The molecule has 3 rings (SSSR count). The van der Waals surface area contributed by atoms with Crippen LogP contribution < -0.4 is 14.8 Å². The molecule has 0 saturated heterocycles. The number of rotatable bonds is 3. The molecule has 0 fully saturated rings. The summed E-state index contributed by atoms with van der Waals surface area (Å²) in [5, 5.41) is 4.44. The minimum absolute atomic E-state index is 0.0597.